The van der Waals surface area contributed by atoms with Crippen LogP contribution in [0.15, 0.2) is 115 Å². The molecule has 0 saturated carbocycles. The van der Waals surface area contributed by atoms with Gasteiger partial charge in [0.15, 0.2) is 0 Å². The van der Waals surface area contributed by atoms with Gasteiger partial charge in [-0.1, -0.05) is 24.3 Å². The molecule has 0 bridgehead atoms. The molecule has 2 amide bonds. The van der Waals surface area contributed by atoms with Crippen LogP contribution in [0.2, 0.25) is 0 Å². The van der Waals surface area contributed by atoms with E-state index in [0.29, 0.717) is 28.5 Å². The average molecular weight is 584 g/mol. The van der Waals surface area contributed by atoms with E-state index >= 15 is 0 Å². The van der Waals surface area contributed by atoms with Crippen LogP contribution in [0.5, 0.6) is 0 Å². The van der Waals surface area contributed by atoms with Gasteiger partial charge in [-0.3, -0.25) is 19.6 Å². The number of hydrogen-bond donors (Lipinski definition) is 3. The molecule has 4 aromatic heterocycles. The second-order valence-corrected chi connectivity index (χ2v) is 10.5. The van der Waals surface area contributed by atoms with Gasteiger partial charge in [-0.05, 0) is 78.0 Å². The van der Waals surface area contributed by atoms with Crippen molar-refractivity contribution in [1.29, 1.82) is 0 Å². The molecule has 0 saturated heterocycles. The second kappa shape index (κ2) is 12.4. The largest absolute Gasteiger partial charge is 0.324 e. The smallest absolute Gasteiger partial charge is 0.257 e. The molecule has 6 aromatic rings. The van der Waals surface area contributed by atoms with Crippen LogP contribution in [0.3, 0.4) is 0 Å². The lowest BCUT2D eigenvalue weighted by Gasteiger charge is -2.12. The molecule has 0 unspecified atom stereocenters. The molecular weight excluding hydrogens is 558 g/mol. The van der Waals surface area contributed by atoms with E-state index in [2.05, 4.69) is 35.9 Å². The van der Waals surface area contributed by atoms with Crippen molar-refractivity contribution in [2.24, 2.45) is 0 Å². The van der Waals surface area contributed by atoms with Crippen molar-refractivity contribution in [2.75, 3.05) is 16.0 Å². The Hall–Kier alpha value is -5.74. The summed E-state index contributed by atoms with van der Waals surface area (Å²) >= 11 is 1.64. The van der Waals surface area contributed by atoms with Crippen molar-refractivity contribution in [3.05, 3.63) is 132 Å². The summed E-state index contributed by atoms with van der Waals surface area (Å²) in [5, 5.41) is 11.0. The number of benzene rings is 2. The van der Waals surface area contributed by atoms with Gasteiger partial charge in [-0.15, -0.1) is 11.3 Å². The summed E-state index contributed by atoms with van der Waals surface area (Å²) in [6.07, 6.45) is 8.08. The van der Waals surface area contributed by atoms with Crippen LogP contribution in [0.1, 0.15) is 26.3 Å². The zero-order valence-corrected chi connectivity index (χ0v) is 23.8. The minimum atomic E-state index is -0.367. The highest BCUT2D eigenvalue weighted by Gasteiger charge is 2.13. The van der Waals surface area contributed by atoms with Crippen molar-refractivity contribution in [1.82, 2.24) is 19.9 Å². The summed E-state index contributed by atoms with van der Waals surface area (Å²) in [6.45, 7) is 1.95. The Morgan fingerprint density at radius 2 is 1.56 bits per heavy atom. The Morgan fingerprint density at radius 3 is 2.35 bits per heavy atom. The number of aryl methyl sites for hydroxylation is 1. The van der Waals surface area contributed by atoms with Crippen LogP contribution in [0, 0.1) is 6.92 Å². The molecule has 0 aliphatic heterocycles. The zero-order valence-electron chi connectivity index (χ0n) is 23.0. The van der Waals surface area contributed by atoms with Crippen LogP contribution in [0.4, 0.5) is 23.0 Å². The first-order chi connectivity index (χ1) is 21.0. The molecule has 9 nitrogen and oxygen atoms in total. The Bertz CT molecular complexity index is 1890. The van der Waals surface area contributed by atoms with Gasteiger partial charge < -0.3 is 16.0 Å². The van der Waals surface area contributed by atoms with Crippen molar-refractivity contribution in [3.8, 4) is 21.7 Å². The molecule has 4 heterocycles. The van der Waals surface area contributed by atoms with Crippen LogP contribution in [0.25, 0.3) is 21.7 Å². The van der Waals surface area contributed by atoms with Crippen LogP contribution < -0.4 is 16.0 Å². The number of rotatable bonds is 8. The van der Waals surface area contributed by atoms with Crippen LogP contribution in [-0.4, -0.2) is 31.8 Å². The van der Waals surface area contributed by atoms with Gasteiger partial charge in [-0.25, -0.2) is 9.97 Å². The highest BCUT2D eigenvalue weighted by molar-refractivity contribution is 7.13. The van der Waals surface area contributed by atoms with Crippen molar-refractivity contribution < 1.29 is 9.59 Å². The van der Waals surface area contributed by atoms with E-state index in [0.717, 1.165) is 32.9 Å². The van der Waals surface area contributed by atoms with Crippen molar-refractivity contribution in [3.63, 3.8) is 0 Å². The normalized spacial score (nSPS) is 10.6. The number of carbonyl (C=O) groups is 2. The number of anilines is 4. The predicted octanol–water partition coefficient (Wildman–Crippen LogP) is 7.22. The number of amides is 2. The van der Waals surface area contributed by atoms with Gasteiger partial charge >= 0.3 is 0 Å². The third kappa shape index (κ3) is 6.61. The highest BCUT2D eigenvalue weighted by atomic mass is 32.1. The average Bonchev–Trinajstić information content (AvgIpc) is 3.59. The van der Waals surface area contributed by atoms with E-state index < -0.39 is 0 Å². The molecule has 0 aliphatic carbocycles. The quantitative estimate of drug-likeness (QED) is 0.173. The topological polar surface area (TPSA) is 122 Å². The summed E-state index contributed by atoms with van der Waals surface area (Å²) in [5.74, 6) is -0.239. The fourth-order valence-corrected chi connectivity index (χ4v) is 5.05. The van der Waals surface area contributed by atoms with E-state index in [1.165, 1.54) is 12.4 Å². The fraction of sp³-hybridized carbons (Fsp3) is 0.0303. The van der Waals surface area contributed by atoms with Gasteiger partial charge in [-0.2, -0.15) is 0 Å². The van der Waals surface area contributed by atoms with Crippen molar-refractivity contribution >= 4 is 46.2 Å². The van der Waals surface area contributed by atoms with E-state index in [1.54, 1.807) is 48.1 Å². The molecule has 0 aliphatic rings. The van der Waals surface area contributed by atoms with Crippen molar-refractivity contribution in [2.45, 2.75) is 6.92 Å². The summed E-state index contributed by atoms with van der Waals surface area (Å²) < 4.78 is 0. The SMILES string of the molecule is Cc1ccc(NC(=O)c2cncc(NC(=O)c3ccc(-c4cccs4)cc3)c2)cc1Nc1nccc(-c2cccnc2)n1. The first-order valence-corrected chi connectivity index (χ1v) is 14.2. The fourth-order valence-electron chi connectivity index (χ4n) is 4.32. The van der Waals surface area contributed by atoms with Gasteiger partial charge in [0.2, 0.25) is 5.95 Å². The number of nitrogens with one attached hydrogen (secondary N) is 3. The Kier molecular flexibility index (Phi) is 7.92. The summed E-state index contributed by atoms with van der Waals surface area (Å²) in [7, 11) is 0. The maximum Gasteiger partial charge on any atom is 0.257 e. The number of hydrogen-bond acceptors (Lipinski definition) is 8. The third-order valence-electron chi connectivity index (χ3n) is 6.57. The van der Waals surface area contributed by atoms with Gasteiger partial charge in [0.25, 0.3) is 11.8 Å². The lowest BCUT2D eigenvalue weighted by atomic mass is 10.1. The molecule has 2 aromatic carbocycles. The maximum atomic E-state index is 13.1. The van der Waals surface area contributed by atoms with E-state index in [9.17, 15) is 9.59 Å². The Morgan fingerprint density at radius 1 is 0.721 bits per heavy atom. The number of thiophene rings is 1. The lowest BCUT2D eigenvalue weighted by molar-refractivity contribution is 0.101. The molecule has 0 radical (unpaired) electrons. The Balaban J connectivity index is 1.12. The molecule has 0 fully saturated rings. The second-order valence-electron chi connectivity index (χ2n) is 9.59. The summed E-state index contributed by atoms with van der Waals surface area (Å²) in [4.78, 5) is 44.3. The molecule has 10 heteroatoms. The number of pyridine rings is 2. The molecule has 3 N–H and O–H groups in total. The predicted molar refractivity (Wildman–Crippen MR) is 170 cm³/mol. The summed E-state index contributed by atoms with van der Waals surface area (Å²) in [6, 6.07) is 24.1. The summed E-state index contributed by atoms with van der Waals surface area (Å²) in [5.41, 5.74) is 6.14. The molecule has 210 valence electrons. The first-order valence-electron chi connectivity index (χ1n) is 13.3. The van der Waals surface area contributed by atoms with E-state index in [-0.39, 0.29) is 11.8 Å². The highest BCUT2D eigenvalue weighted by Crippen LogP contribution is 2.26. The molecule has 0 atom stereocenters. The van der Waals surface area contributed by atoms with Gasteiger partial charge in [0, 0.05) is 52.2 Å². The van der Waals surface area contributed by atoms with E-state index in [4.69, 9.17) is 0 Å². The molecule has 6 rings (SSSR count). The van der Waals surface area contributed by atoms with Crippen LogP contribution in [-0.2, 0) is 0 Å². The lowest BCUT2D eigenvalue weighted by Crippen LogP contribution is -2.15. The molecule has 43 heavy (non-hydrogen) atoms. The van der Waals surface area contributed by atoms with Gasteiger partial charge in [0.1, 0.15) is 0 Å². The van der Waals surface area contributed by atoms with Gasteiger partial charge in [0.05, 0.1) is 23.1 Å². The maximum absolute atomic E-state index is 13.1. The van der Waals surface area contributed by atoms with E-state index in [1.807, 2.05) is 73.0 Å². The molecular formula is C33H25N7O2S. The number of nitrogens with zero attached hydrogens (tertiary/aromatic N) is 4. The zero-order chi connectivity index (χ0) is 29.6. The minimum Gasteiger partial charge on any atom is -0.324 e. The monoisotopic (exact) mass is 583 g/mol. The Labute approximate surface area is 251 Å². The minimum absolute atomic E-state index is 0.291. The molecule has 0 spiro atoms. The number of carbonyl (C=O) groups excluding carboxylic acids is 2. The standard InChI is InChI=1S/C33H25N7O2S/c1-21-6-11-26(17-29(21)40-33-36-14-12-28(39-33)24-4-2-13-34-18-24)37-32(42)25-16-27(20-35-19-25)38-31(41)23-9-7-22(8-10-23)30-5-3-15-43-30/h2-20H,1H3,(H,37,42)(H,38,41)(H,36,39,40). The van der Waals surface area contributed by atoms with Crippen LogP contribution >= 0.6 is 11.3 Å². The number of aromatic nitrogens is 4. The first kappa shape index (κ1) is 27.4. The third-order valence-corrected chi connectivity index (χ3v) is 7.48.